The van der Waals surface area contributed by atoms with Crippen molar-refractivity contribution in [3.05, 3.63) is 23.8 Å². The summed E-state index contributed by atoms with van der Waals surface area (Å²) < 4.78 is 10.8. The lowest BCUT2D eigenvalue weighted by Gasteiger charge is -2.20. The summed E-state index contributed by atoms with van der Waals surface area (Å²) >= 11 is 0. The fourth-order valence-corrected chi connectivity index (χ4v) is 1.85. The normalized spacial score (nSPS) is 10.2. The van der Waals surface area contributed by atoms with Crippen molar-refractivity contribution in [3.63, 3.8) is 0 Å². The highest BCUT2D eigenvalue weighted by atomic mass is 16.5. The molecule has 112 valence electrons. The number of carbonyl (C=O) groups excluding carboxylic acids is 1. The van der Waals surface area contributed by atoms with Gasteiger partial charge in [0.2, 0.25) is 0 Å². The zero-order chi connectivity index (χ0) is 15.0. The van der Waals surface area contributed by atoms with Crippen molar-refractivity contribution < 1.29 is 19.4 Å². The van der Waals surface area contributed by atoms with Gasteiger partial charge in [0.1, 0.15) is 0 Å². The van der Waals surface area contributed by atoms with Crippen LogP contribution in [0.4, 0.5) is 0 Å². The molecule has 1 N–H and O–H groups in total. The lowest BCUT2D eigenvalue weighted by molar-refractivity contribution is -0.133. The van der Waals surface area contributed by atoms with Crippen LogP contribution in [0.3, 0.4) is 0 Å². The first kappa shape index (κ1) is 16.3. The number of aliphatic hydroxyl groups is 1. The molecular formula is C15H23NO4. The summed E-state index contributed by atoms with van der Waals surface area (Å²) in [5.41, 5.74) is 1.07. The summed E-state index contributed by atoms with van der Waals surface area (Å²) in [5.74, 6) is 1.09. The third-order valence-electron chi connectivity index (χ3n) is 2.99. The van der Waals surface area contributed by atoms with Crippen LogP contribution in [0.5, 0.6) is 11.5 Å². The van der Waals surface area contributed by atoms with Crippen LogP contribution < -0.4 is 9.47 Å². The largest absolute Gasteiger partial charge is 0.493 e. The Labute approximate surface area is 120 Å². The van der Waals surface area contributed by atoms with Gasteiger partial charge in [-0.2, -0.15) is 0 Å². The molecule has 1 aromatic carbocycles. The van der Waals surface area contributed by atoms with E-state index < -0.39 is 0 Å². The highest BCUT2D eigenvalue weighted by Gasteiger charge is 2.13. The number of likely N-dealkylation sites (N-methyl/N-ethyl adjacent to an activating group) is 1. The van der Waals surface area contributed by atoms with E-state index in [4.69, 9.17) is 14.6 Å². The second kappa shape index (κ2) is 8.43. The second-order valence-corrected chi connectivity index (χ2v) is 4.49. The molecule has 0 aliphatic carbocycles. The molecule has 0 saturated carbocycles. The number of carbonyl (C=O) groups is 1. The van der Waals surface area contributed by atoms with Crippen molar-refractivity contribution in [2.45, 2.75) is 20.3 Å². The molecule has 5 heteroatoms. The SMILES string of the molecule is CCN(CCCO)C(=O)COc1ccc(C)cc1OC. The number of rotatable bonds is 8. The molecule has 1 amide bonds. The van der Waals surface area contributed by atoms with Crippen LogP contribution in [0.15, 0.2) is 18.2 Å². The highest BCUT2D eigenvalue weighted by molar-refractivity contribution is 5.77. The van der Waals surface area contributed by atoms with Crippen LogP contribution in [0.1, 0.15) is 18.9 Å². The van der Waals surface area contributed by atoms with Gasteiger partial charge < -0.3 is 19.5 Å². The molecule has 0 aliphatic rings. The van der Waals surface area contributed by atoms with Crippen LogP contribution in [-0.4, -0.2) is 49.3 Å². The summed E-state index contributed by atoms with van der Waals surface area (Å²) in [4.78, 5) is 13.7. The Bertz CT molecular complexity index is 434. The van der Waals surface area contributed by atoms with E-state index in [1.165, 1.54) is 0 Å². The molecule has 0 saturated heterocycles. The van der Waals surface area contributed by atoms with Gasteiger partial charge in [-0.05, 0) is 38.0 Å². The fraction of sp³-hybridized carbons (Fsp3) is 0.533. The minimum atomic E-state index is -0.0939. The summed E-state index contributed by atoms with van der Waals surface area (Å²) in [6, 6.07) is 5.57. The summed E-state index contributed by atoms with van der Waals surface area (Å²) in [6.07, 6.45) is 0.577. The summed E-state index contributed by atoms with van der Waals surface area (Å²) in [6.45, 7) is 5.06. The fourth-order valence-electron chi connectivity index (χ4n) is 1.85. The van der Waals surface area contributed by atoms with E-state index in [1.54, 1.807) is 18.1 Å². The van der Waals surface area contributed by atoms with Gasteiger partial charge in [0.15, 0.2) is 18.1 Å². The van der Waals surface area contributed by atoms with Crippen LogP contribution in [0.2, 0.25) is 0 Å². The van der Waals surface area contributed by atoms with Crippen LogP contribution in [0, 0.1) is 6.92 Å². The van der Waals surface area contributed by atoms with Crippen molar-refractivity contribution in [1.82, 2.24) is 4.90 Å². The molecule has 0 radical (unpaired) electrons. The van der Waals surface area contributed by atoms with Gasteiger partial charge in [-0.1, -0.05) is 6.07 Å². The average molecular weight is 281 g/mol. The van der Waals surface area contributed by atoms with Crippen molar-refractivity contribution in [2.75, 3.05) is 33.4 Å². The molecular weight excluding hydrogens is 258 g/mol. The minimum absolute atomic E-state index is 0.0291. The zero-order valence-corrected chi connectivity index (χ0v) is 12.4. The summed E-state index contributed by atoms with van der Waals surface area (Å²) in [5, 5.41) is 8.81. The van der Waals surface area contributed by atoms with Gasteiger partial charge in [0.05, 0.1) is 7.11 Å². The molecule has 0 fully saturated rings. The minimum Gasteiger partial charge on any atom is -0.493 e. The van der Waals surface area contributed by atoms with E-state index in [0.29, 0.717) is 31.0 Å². The first-order valence-corrected chi connectivity index (χ1v) is 6.78. The van der Waals surface area contributed by atoms with E-state index in [9.17, 15) is 4.79 Å². The second-order valence-electron chi connectivity index (χ2n) is 4.49. The van der Waals surface area contributed by atoms with Crippen LogP contribution in [-0.2, 0) is 4.79 Å². The lowest BCUT2D eigenvalue weighted by Crippen LogP contribution is -2.35. The Hall–Kier alpha value is -1.75. The topological polar surface area (TPSA) is 59.0 Å². The quantitative estimate of drug-likeness (QED) is 0.786. The van der Waals surface area contributed by atoms with Gasteiger partial charge in [-0.15, -0.1) is 0 Å². The van der Waals surface area contributed by atoms with E-state index in [2.05, 4.69) is 0 Å². The van der Waals surface area contributed by atoms with Gasteiger partial charge in [-0.3, -0.25) is 4.79 Å². The first-order valence-electron chi connectivity index (χ1n) is 6.78. The zero-order valence-electron chi connectivity index (χ0n) is 12.4. The number of ether oxygens (including phenoxy) is 2. The molecule has 0 atom stereocenters. The van der Waals surface area contributed by atoms with Gasteiger partial charge in [-0.25, -0.2) is 0 Å². The molecule has 0 spiro atoms. The number of amides is 1. The first-order chi connectivity index (χ1) is 9.62. The summed E-state index contributed by atoms with van der Waals surface area (Å²) in [7, 11) is 1.57. The van der Waals surface area contributed by atoms with Gasteiger partial charge in [0, 0.05) is 19.7 Å². The smallest absolute Gasteiger partial charge is 0.260 e. The maximum Gasteiger partial charge on any atom is 0.260 e. The van der Waals surface area contributed by atoms with Crippen LogP contribution >= 0.6 is 0 Å². The molecule has 0 aliphatic heterocycles. The molecule has 0 heterocycles. The molecule has 0 aromatic heterocycles. The number of aliphatic hydroxyl groups excluding tert-OH is 1. The molecule has 5 nitrogen and oxygen atoms in total. The Balaban J connectivity index is 2.59. The highest BCUT2D eigenvalue weighted by Crippen LogP contribution is 2.27. The van der Waals surface area contributed by atoms with Gasteiger partial charge in [0.25, 0.3) is 5.91 Å². The third kappa shape index (κ3) is 4.74. The molecule has 20 heavy (non-hydrogen) atoms. The maximum absolute atomic E-state index is 12.0. The van der Waals surface area contributed by atoms with Crippen molar-refractivity contribution in [2.24, 2.45) is 0 Å². The Kier molecular flexibility index (Phi) is 6.87. The number of benzene rings is 1. The Morgan fingerprint density at radius 3 is 2.70 bits per heavy atom. The van der Waals surface area contributed by atoms with Gasteiger partial charge >= 0.3 is 0 Å². The lowest BCUT2D eigenvalue weighted by atomic mass is 10.2. The van der Waals surface area contributed by atoms with Crippen molar-refractivity contribution in [1.29, 1.82) is 0 Å². The van der Waals surface area contributed by atoms with Crippen molar-refractivity contribution >= 4 is 5.91 Å². The standard InChI is InChI=1S/C15H23NO4/c1-4-16(8-5-9-17)15(18)11-20-13-7-6-12(2)10-14(13)19-3/h6-7,10,17H,4-5,8-9,11H2,1-3H3. The number of hydrogen-bond acceptors (Lipinski definition) is 4. The number of hydrogen-bond donors (Lipinski definition) is 1. The molecule has 1 aromatic rings. The molecule has 1 rings (SSSR count). The van der Waals surface area contributed by atoms with E-state index in [0.717, 1.165) is 5.56 Å². The third-order valence-corrected chi connectivity index (χ3v) is 2.99. The monoisotopic (exact) mass is 281 g/mol. The Morgan fingerprint density at radius 2 is 2.10 bits per heavy atom. The van der Waals surface area contributed by atoms with Crippen LogP contribution in [0.25, 0.3) is 0 Å². The number of aryl methyl sites for hydroxylation is 1. The predicted molar refractivity (Wildman–Crippen MR) is 77.2 cm³/mol. The van der Waals surface area contributed by atoms with E-state index >= 15 is 0 Å². The predicted octanol–water partition coefficient (Wildman–Crippen LogP) is 1.61. The Morgan fingerprint density at radius 1 is 1.35 bits per heavy atom. The molecule has 0 bridgehead atoms. The number of methoxy groups -OCH3 is 1. The maximum atomic E-state index is 12.0. The average Bonchev–Trinajstić information content (AvgIpc) is 2.46. The van der Waals surface area contributed by atoms with E-state index in [1.807, 2.05) is 26.0 Å². The van der Waals surface area contributed by atoms with E-state index in [-0.39, 0.29) is 19.1 Å². The molecule has 0 unspecified atom stereocenters. The van der Waals surface area contributed by atoms with Crippen molar-refractivity contribution in [3.8, 4) is 11.5 Å². The number of nitrogens with zero attached hydrogens (tertiary/aromatic N) is 1.